The van der Waals surface area contributed by atoms with Gasteiger partial charge in [-0.25, -0.2) is 0 Å². The molecule has 0 saturated heterocycles. The lowest BCUT2D eigenvalue weighted by atomic mass is 10.0. The minimum atomic E-state index is 0.0496. The Labute approximate surface area is 176 Å². The fraction of sp³-hybridized carbons (Fsp3) is 0.391. The van der Waals surface area contributed by atoms with Crippen LogP contribution >= 0.6 is 0 Å². The van der Waals surface area contributed by atoms with Gasteiger partial charge in [0.25, 0.3) is 5.89 Å². The molecule has 0 radical (unpaired) electrons. The maximum absolute atomic E-state index is 9.28. The standard InChI is InChI=1S/C23H28N4O3/c1-14(2)29-21-10-7-15(13-19(21)24)23-25-22(26-30-23)18-6-4-5-17-16(18)8-9-20(17)27(3)11-12-28/h4-7,10,13-14,20,28H,8-9,11-12,24H2,1-3H3/t20-/m1/s1. The molecular weight excluding hydrogens is 380 g/mol. The van der Waals surface area contributed by atoms with Gasteiger partial charge < -0.3 is 20.1 Å². The molecule has 3 aromatic rings. The molecule has 7 heteroatoms. The third-order valence-corrected chi connectivity index (χ3v) is 5.51. The topological polar surface area (TPSA) is 97.6 Å². The van der Waals surface area contributed by atoms with Gasteiger partial charge in [-0.3, -0.25) is 4.90 Å². The number of hydrogen-bond donors (Lipinski definition) is 2. The molecule has 2 aromatic carbocycles. The molecule has 0 saturated carbocycles. The lowest BCUT2D eigenvalue weighted by molar-refractivity contribution is 0.180. The van der Waals surface area contributed by atoms with E-state index in [1.807, 2.05) is 45.2 Å². The Kier molecular flexibility index (Phi) is 5.74. The maximum Gasteiger partial charge on any atom is 0.258 e. The second-order valence-electron chi connectivity index (χ2n) is 7.97. The number of likely N-dealkylation sites (N-methyl/N-ethyl adjacent to an activating group) is 1. The lowest BCUT2D eigenvalue weighted by Gasteiger charge is -2.24. The minimum absolute atomic E-state index is 0.0496. The predicted molar refractivity (Wildman–Crippen MR) is 116 cm³/mol. The first kappa shape index (κ1) is 20.4. The highest BCUT2D eigenvalue weighted by atomic mass is 16.5. The Morgan fingerprint density at radius 1 is 1.30 bits per heavy atom. The van der Waals surface area contributed by atoms with E-state index in [-0.39, 0.29) is 12.7 Å². The third-order valence-electron chi connectivity index (χ3n) is 5.51. The summed E-state index contributed by atoms with van der Waals surface area (Å²) >= 11 is 0. The Hall–Kier alpha value is -2.90. The summed E-state index contributed by atoms with van der Waals surface area (Å²) in [7, 11) is 2.05. The fourth-order valence-electron chi connectivity index (χ4n) is 4.11. The summed E-state index contributed by atoms with van der Waals surface area (Å²) in [6.07, 6.45) is 2.01. The number of rotatable bonds is 7. The van der Waals surface area contributed by atoms with Gasteiger partial charge in [0.2, 0.25) is 5.82 Å². The molecule has 30 heavy (non-hydrogen) atoms. The molecule has 1 aliphatic carbocycles. The van der Waals surface area contributed by atoms with Crippen LogP contribution in [0.25, 0.3) is 22.8 Å². The molecule has 0 aliphatic heterocycles. The number of nitrogens with two attached hydrogens (primary N) is 1. The van der Waals surface area contributed by atoms with Crippen LogP contribution in [0.1, 0.15) is 37.4 Å². The van der Waals surface area contributed by atoms with E-state index < -0.39 is 0 Å². The number of aromatic nitrogens is 2. The molecule has 0 bridgehead atoms. The first-order chi connectivity index (χ1) is 14.5. The lowest BCUT2D eigenvalue weighted by Crippen LogP contribution is -2.26. The van der Waals surface area contributed by atoms with Gasteiger partial charge in [-0.05, 0) is 63.1 Å². The van der Waals surface area contributed by atoms with Crippen molar-refractivity contribution in [2.75, 3.05) is 25.9 Å². The molecule has 3 N–H and O–H groups in total. The van der Waals surface area contributed by atoms with Gasteiger partial charge in [-0.15, -0.1) is 0 Å². The van der Waals surface area contributed by atoms with Gasteiger partial charge in [0.1, 0.15) is 5.75 Å². The smallest absolute Gasteiger partial charge is 0.258 e. The molecule has 0 fully saturated rings. The predicted octanol–water partition coefficient (Wildman–Crippen LogP) is 3.68. The molecule has 158 valence electrons. The van der Waals surface area contributed by atoms with Crippen molar-refractivity contribution in [3.8, 4) is 28.6 Å². The molecular formula is C23H28N4O3. The monoisotopic (exact) mass is 408 g/mol. The molecule has 7 nitrogen and oxygen atoms in total. The summed E-state index contributed by atoms with van der Waals surface area (Å²) in [6, 6.07) is 12.0. The second-order valence-corrected chi connectivity index (χ2v) is 7.97. The Morgan fingerprint density at radius 2 is 2.13 bits per heavy atom. The number of benzene rings is 2. The first-order valence-corrected chi connectivity index (χ1v) is 10.3. The van der Waals surface area contributed by atoms with Gasteiger partial charge in [-0.1, -0.05) is 23.4 Å². The van der Waals surface area contributed by atoms with Gasteiger partial charge in [0, 0.05) is 23.7 Å². The van der Waals surface area contributed by atoms with Crippen LogP contribution in [0.2, 0.25) is 0 Å². The Morgan fingerprint density at radius 3 is 2.87 bits per heavy atom. The first-order valence-electron chi connectivity index (χ1n) is 10.3. The van der Waals surface area contributed by atoms with E-state index >= 15 is 0 Å². The second kappa shape index (κ2) is 8.45. The summed E-state index contributed by atoms with van der Waals surface area (Å²) in [5.41, 5.74) is 10.9. The number of nitrogens with zero attached hydrogens (tertiary/aromatic N) is 3. The Balaban J connectivity index is 1.62. The van der Waals surface area contributed by atoms with E-state index in [9.17, 15) is 5.11 Å². The van der Waals surface area contributed by atoms with Crippen LogP contribution in [0.15, 0.2) is 40.9 Å². The van der Waals surface area contributed by atoms with Crippen molar-refractivity contribution in [1.29, 1.82) is 0 Å². The Bertz CT molecular complexity index is 1030. The average Bonchev–Trinajstić information content (AvgIpc) is 3.36. The van der Waals surface area contributed by atoms with Crippen LogP contribution in [0.4, 0.5) is 5.69 Å². The van der Waals surface area contributed by atoms with Crippen molar-refractivity contribution >= 4 is 5.69 Å². The van der Waals surface area contributed by atoms with Crippen molar-refractivity contribution in [3.05, 3.63) is 47.5 Å². The summed E-state index contributed by atoms with van der Waals surface area (Å²) in [5.74, 6) is 1.65. The summed E-state index contributed by atoms with van der Waals surface area (Å²) < 4.78 is 11.2. The van der Waals surface area contributed by atoms with Crippen LogP contribution in [-0.4, -0.2) is 46.5 Å². The summed E-state index contributed by atoms with van der Waals surface area (Å²) in [5, 5.41) is 13.5. The van der Waals surface area contributed by atoms with E-state index in [1.54, 1.807) is 6.07 Å². The van der Waals surface area contributed by atoms with Crippen LogP contribution in [-0.2, 0) is 6.42 Å². The number of nitrogen functional groups attached to an aromatic ring is 1. The van der Waals surface area contributed by atoms with E-state index in [0.29, 0.717) is 35.7 Å². The summed E-state index contributed by atoms with van der Waals surface area (Å²) in [4.78, 5) is 6.83. The van der Waals surface area contributed by atoms with Crippen molar-refractivity contribution < 1.29 is 14.4 Å². The van der Waals surface area contributed by atoms with Gasteiger partial charge in [0.05, 0.1) is 18.4 Å². The zero-order valence-electron chi connectivity index (χ0n) is 17.6. The van der Waals surface area contributed by atoms with E-state index in [0.717, 1.165) is 24.0 Å². The molecule has 1 heterocycles. The molecule has 4 rings (SSSR count). The van der Waals surface area contributed by atoms with Crippen molar-refractivity contribution in [2.24, 2.45) is 0 Å². The van der Waals surface area contributed by atoms with Gasteiger partial charge in [-0.2, -0.15) is 4.98 Å². The average molecular weight is 409 g/mol. The van der Waals surface area contributed by atoms with Crippen LogP contribution in [0, 0.1) is 0 Å². The van der Waals surface area contributed by atoms with Crippen molar-refractivity contribution in [3.63, 3.8) is 0 Å². The molecule has 1 atom stereocenters. The van der Waals surface area contributed by atoms with E-state index in [2.05, 4.69) is 21.1 Å². The number of hydrogen-bond acceptors (Lipinski definition) is 7. The van der Waals surface area contributed by atoms with Crippen molar-refractivity contribution in [1.82, 2.24) is 15.0 Å². The molecule has 1 aliphatic rings. The SMILES string of the molecule is CC(C)Oc1ccc(-c2nc(-c3cccc4c3CC[C@H]4N(C)CCO)no2)cc1N. The normalized spacial score (nSPS) is 15.7. The minimum Gasteiger partial charge on any atom is -0.489 e. The maximum atomic E-state index is 9.28. The molecule has 1 aromatic heterocycles. The number of aliphatic hydroxyl groups is 1. The zero-order chi connectivity index (χ0) is 21.3. The quantitative estimate of drug-likeness (QED) is 0.576. The number of ether oxygens (including phenoxy) is 1. The molecule has 0 amide bonds. The van der Waals surface area contributed by atoms with Crippen LogP contribution < -0.4 is 10.5 Å². The molecule has 0 spiro atoms. The largest absolute Gasteiger partial charge is 0.489 e. The number of anilines is 1. The van der Waals surface area contributed by atoms with E-state index in [1.165, 1.54) is 11.1 Å². The van der Waals surface area contributed by atoms with Crippen molar-refractivity contribution in [2.45, 2.75) is 38.8 Å². The van der Waals surface area contributed by atoms with Gasteiger partial charge in [0.15, 0.2) is 0 Å². The zero-order valence-corrected chi connectivity index (χ0v) is 17.6. The van der Waals surface area contributed by atoms with Gasteiger partial charge >= 0.3 is 0 Å². The highest BCUT2D eigenvalue weighted by molar-refractivity contribution is 5.69. The highest BCUT2D eigenvalue weighted by Gasteiger charge is 2.28. The van der Waals surface area contributed by atoms with Crippen LogP contribution in [0.3, 0.4) is 0 Å². The molecule has 0 unspecified atom stereocenters. The highest BCUT2D eigenvalue weighted by Crippen LogP contribution is 2.40. The fourth-order valence-corrected chi connectivity index (χ4v) is 4.11. The van der Waals surface area contributed by atoms with E-state index in [4.69, 9.17) is 15.0 Å². The number of aliphatic hydroxyl groups excluding tert-OH is 1. The summed E-state index contributed by atoms with van der Waals surface area (Å²) in [6.45, 7) is 4.73. The third kappa shape index (κ3) is 3.91. The number of fused-ring (bicyclic) bond motifs is 1. The van der Waals surface area contributed by atoms with Crippen LogP contribution in [0.5, 0.6) is 5.75 Å².